The Labute approximate surface area is 253 Å². The number of likely N-dealkylation sites (tertiary alicyclic amines) is 1. The third-order valence-corrected chi connectivity index (χ3v) is 8.26. The molecule has 3 N–H and O–H groups in total. The summed E-state index contributed by atoms with van der Waals surface area (Å²) in [5, 5.41) is 7.01. The van der Waals surface area contributed by atoms with Gasteiger partial charge in [-0.05, 0) is 61.6 Å². The standard InChI is InChI=1S/C32H33N7O5/c1-17-34-25-10-8-19(12-27(25)43-17)23-14-33-29-28(23)31(44-22-6-4-5-7-22)38-32(37-29)36-24-11-9-20(13-26(24)42-3)30(41)35-21-15-39(16-21)18(2)40/h8-14,21-22H,4-7,15-16H2,1-3H3,(H,35,41)(H2,33,36,37,38). The number of methoxy groups -OCH3 is 1. The molecule has 0 atom stereocenters. The maximum absolute atomic E-state index is 12.9. The van der Waals surface area contributed by atoms with Gasteiger partial charge in [0.05, 0.1) is 24.2 Å². The highest BCUT2D eigenvalue weighted by Gasteiger charge is 2.30. The number of aromatic nitrogens is 4. The third-order valence-electron chi connectivity index (χ3n) is 8.26. The Morgan fingerprint density at radius 1 is 1.07 bits per heavy atom. The zero-order valence-electron chi connectivity index (χ0n) is 24.8. The summed E-state index contributed by atoms with van der Waals surface area (Å²) in [4.78, 5) is 43.3. The molecule has 226 valence electrons. The lowest BCUT2D eigenvalue weighted by Crippen LogP contribution is -2.60. The molecule has 1 saturated heterocycles. The normalized spacial score (nSPS) is 15.5. The average molecular weight is 596 g/mol. The minimum Gasteiger partial charge on any atom is -0.495 e. The molecular weight excluding hydrogens is 562 g/mol. The third kappa shape index (κ3) is 5.27. The van der Waals surface area contributed by atoms with Gasteiger partial charge in [0.25, 0.3) is 5.91 Å². The van der Waals surface area contributed by atoms with E-state index in [1.165, 1.54) is 6.92 Å². The van der Waals surface area contributed by atoms with E-state index >= 15 is 0 Å². The highest BCUT2D eigenvalue weighted by molar-refractivity contribution is 5.99. The van der Waals surface area contributed by atoms with Gasteiger partial charge in [0.2, 0.25) is 17.7 Å². The monoisotopic (exact) mass is 595 g/mol. The maximum Gasteiger partial charge on any atom is 0.251 e. The van der Waals surface area contributed by atoms with E-state index in [1.54, 1.807) is 30.2 Å². The van der Waals surface area contributed by atoms with Crippen LogP contribution in [0.25, 0.3) is 33.3 Å². The quantitative estimate of drug-likeness (QED) is 0.223. The van der Waals surface area contributed by atoms with Crippen LogP contribution in [0.2, 0.25) is 0 Å². The lowest BCUT2D eigenvalue weighted by atomic mass is 10.1. The Morgan fingerprint density at radius 3 is 2.66 bits per heavy atom. The van der Waals surface area contributed by atoms with Crippen LogP contribution in [0.15, 0.2) is 47.0 Å². The van der Waals surface area contributed by atoms with Crippen molar-refractivity contribution in [2.24, 2.45) is 0 Å². The summed E-state index contributed by atoms with van der Waals surface area (Å²) in [5.74, 6) is 1.67. The van der Waals surface area contributed by atoms with Gasteiger partial charge in [-0.1, -0.05) is 6.07 Å². The molecular formula is C32H33N7O5. The fourth-order valence-electron chi connectivity index (χ4n) is 5.89. The van der Waals surface area contributed by atoms with E-state index in [9.17, 15) is 9.59 Å². The van der Waals surface area contributed by atoms with Crippen molar-refractivity contribution in [3.05, 3.63) is 54.0 Å². The highest BCUT2D eigenvalue weighted by atomic mass is 16.5. The second kappa shape index (κ2) is 11.2. The maximum atomic E-state index is 12.9. The van der Waals surface area contributed by atoms with Gasteiger partial charge in [0.1, 0.15) is 23.0 Å². The molecule has 12 nitrogen and oxygen atoms in total. The summed E-state index contributed by atoms with van der Waals surface area (Å²) in [7, 11) is 1.54. The van der Waals surface area contributed by atoms with Gasteiger partial charge in [-0.3, -0.25) is 9.59 Å². The van der Waals surface area contributed by atoms with Crippen LogP contribution in [0.4, 0.5) is 11.6 Å². The second-order valence-corrected chi connectivity index (χ2v) is 11.4. The molecule has 2 fully saturated rings. The molecule has 1 aliphatic carbocycles. The van der Waals surface area contributed by atoms with Crippen molar-refractivity contribution in [1.29, 1.82) is 0 Å². The number of nitrogens with zero attached hydrogens (tertiary/aromatic N) is 4. The first-order valence-corrected chi connectivity index (χ1v) is 14.8. The number of benzene rings is 2. The molecule has 2 aromatic carbocycles. The predicted octanol–water partition coefficient (Wildman–Crippen LogP) is 5.11. The number of aromatic amines is 1. The topological polar surface area (TPSA) is 148 Å². The summed E-state index contributed by atoms with van der Waals surface area (Å²) >= 11 is 0. The molecule has 0 unspecified atom stereocenters. The molecule has 3 aromatic heterocycles. The first kappa shape index (κ1) is 27.7. The lowest BCUT2D eigenvalue weighted by Gasteiger charge is -2.38. The number of anilines is 2. The molecule has 12 heteroatoms. The Hall–Kier alpha value is -5.13. The van der Waals surface area contributed by atoms with Crippen LogP contribution in [0, 0.1) is 6.92 Å². The van der Waals surface area contributed by atoms with E-state index in [2.05, 4.69) is 20.6 Å². The molecule has 7 rings (SSSR count). The number of nitrogens with one attached hydrogen (secondary N) is 3. The van der Waals surface area contributed by atoms with Crippen molar-refractivity contribution in [3.8, 4) is 22.8 Å². The van der Waals surface area contributed by atoms with E-state index in [4.69, 9.17) is 23.9 Å². The molecule has 0 radical (unpaired) electrons. The van der Waals surface area contributed by atoms with E-state index in [0.29, 0.717) is 59.0 Å². The average Bonchev–Trinajstić information content (AvgIpc) is 3.73. The molecule has 1 saturated carbocycles. The van der Waals surface area contributed by atoms with E-state index in [0.717, 1.165) is 47.7 Å². The minimum absolute atomic E-state index is 0.00313. The summed E-state index contributed by atoms with van der Waals surface area (Å²) in [6.07, 6.45) is 6.18. The fourth-order valence-corrected chi connectivity index (χ4v) is 5.89. The van der Waals surface area contributed by atoms with Crippen LogP contribution < -0.4 is 20.1 Å². The number of ether oxygens (including phenoxy) is 2. The van der Waals surface area contributed by atoms with Crippen molar-refractivity contribution in [2.75, 3.05) is 25.5 Å². The number of oxazole rings is 1. The van der Waals surface area contributed by atoms with E-state index in [1.807, 2.05) is 31.3 Å². The van der Waals surface area contributed by atoms with Gasteiger partial charge < -0.3 is 34.4 Å². The minimum atomic E-state index is -0.231. The van der Waals surface area contributed by atoms with Gasteiger partial charge in [0, 0.05) is 44.3 Å². The van der Waals surface area contributed by atoms with Crippen molar-refractivity contribution in [2.45, 2.75) is 51.7 Å². The summed E-state index contributed by atoms with van der Waals surface area (Å²) in [6.45, 7) is 4.38. The number of fused-ring (bicyclic) bond motifs is 2. The number of aryl methyl sites for hydroxylation is 1. The molecule has 1 aliphatic heterocycles. The number of carbonyl (C=O) groups is 2. The van der Waals surface area contributed by atoms with Crippen LogP contribution in [-0.4, -0.2) is 69.0 Å². The van der Waals surface area contributed by atoms with Crippen LogP contribution in [0.1, 0.15) is 48.9 Å². The van der Waals surface area contributed by atoms with Crippen LogP contribution in [0.5, 0.6) is 11.6 Å². The molecule has 2 amide bonds. The van der Waals surface area contributed by atoms with E-state index in [-0.39, 0.29) is 24.0 Å². The molecule has 5 aromatic rings. The lowest BCUT2D eigenvalue weighted by molar-refractivity contribution is -0.133. The van der Waals surface area contributed by atoms with Crippen molar-refractivity contribution in [3.63, 3.8) is 0 Å². The predicted molar refractivity (Wildman–Crippen MR) is 164 cm³/mol. The van der Waals surface area contributed by atoms with Crippen molar-refractivity contribution in [1.82, 2.24) is 30.2 Å². The Balaban J connectivity index is 1.18. The number of hydrogen-bond donors (Lipinski definition) is 3. The Bertz CT molecular complexity index is 1890. The van der Waals surface area contributed by atoms with Gasteiger partial charge in [0.15, 0.2) is 11.5 Å². The number of amides is 2. The van der Waals surface area contributed by atoms with E-state index < -0.39 is 0 Å². The summed E-state index contributed by atoms with van der Waals surface area (Å²) in [5.41, 5.74) is 5.02. The SMILES string of the molecule is COc1cc(C(=O)NC2CN(C(C)=O)C2)ccc1Nc1nc(OC2CCCC2)c2c(-c3ccc4nc(C)oc4c3)c[nH]c2n1. The zero-order valence-corrected chi connectivity index (χ0v) is 24.8. The second-order valence-electron chi connectivity index (χ2n) is 11.4. The van der Waals surface area contributed by atoms with Crippen LogP contribution >= 0.6 is 0 Å². The van der Waals surface area contributed by atoms with Crippen LogP contribution in [0.3, 0.4) is 0 Å². The summed E-state index contributed by atoms with van der Waals surface area (Å²) in [6, 6.07) is 11.0. The van der Waals surface area contributed by atoms with Gasteiger partial charge >= 0.3 is 0 Å². The molecule has 0 spiro atoms. The Kier molecular flexibility index (Phi) is 7.03. The number of rotatable bonds is 8. The first-order valence-electron chi connectivity index (χ1n) is 14.8. The number of carbonyl (C=O) groups excluding carboxylic acids is 2. The molecule has 0 bridgehead atoms. The van der Waals surface area contributed by atoms with Crippen molar-refractivity contribution < 1.29 is 23.5 Å². The highest BCUT2D eigenvalue weighted by Crippen LogP contribution is 2.38. The van der Waals surface area contributed by atoms with Gasteiger partial charge in [-0.15, -0.1) is 0 Å². The van der Waals surface area contributed by atoms with Crippen molar-refractivity contribution >= 4 is 45.6 Å². The molecule has 2 aliphatic rings. The number of H-pyrrole nitrogens is 1. The van der Waals surface area contributed by atoms with Gasteiger partial charge in [-0.2, -0.15) is 9.97 Å². The Morgan fingerprint density at radius 2 is 1.89 bits per heavy atom. The fraction of sp³-hybridized carbons (Fsp3) is 0.344. The largest absolute Gasteiger partial charge is 0.495 e. The summed E-state index contributed by atoms with van der Waals surface area (Å²) < 4.78 is 17.9. The zero-order chi connectivity index (χ0) is 30.4. The van der Waals surface area contributed by atoms with Crippen LogP contribution in [-0.2, 0) is 4.79 Å². The smallest absolute Gasteiger partial charge is 0.251 e. The number of hydrogen-bond acceptors (Lipinski definition) is 9. The molecule has 44 heavy (non-hydrogen) atoms. The molecule has 4 heterocycles. The van der Waals surface area contributed by atoms with Gasteiger partial charge in [-0.25, -0.2) is 4.98 Å². The first-order chi connectivity index (χ1) is 21.3.